The highest BCUT2D eigenvalue weighted by Crippen LogP contribution is 2.15. The molecular weight excluding hydrogens is 343 g/mol. The number of carbonyl (C=O) groups is 3. The van der Waals surface area contributed by atoms with Crippen LogP contribution in [-0.2, 0) is 9.53 Å². The number of esters is 1. The summed E-state index contributed by atoms with van der Waals surface area (Å²) >= 11 is 0. The second-order valence-corrected chi connectivity index (χ2v) is 5.54. The van der Waals surface area contributed by atoms with Crippen LogP contribution in [0.15, 0.2) is 36.7 Å². The van der Waals surface area contributed by atoms with E-state index < -0.39 is 11.8 Å². The normalized spacial score (nSPS) is 14.3. The first kappa shape index (κ1) is 17.5. The highest BCUT2D eigenvalue weighted by Gasteiger charge is 2.30. The van der Waals surface area contributed by atoms with Crippen molar-refractivity contribution in [2.45, 2.75) is 0 Å². The Morgan fingerprint density at radius 1 is 1.08 bits per heavy atom. The molecule has 0 radical (unpaired) electrons. The van der Waals surface area contributed by atoms with E-state index in [4.69, 9.17) is 0 Å². The number of hydrogen-bond acceptors (Lipinski definition) is 6. The van der Waals surface area contributed by atoms with Gasteiger partial charge in [-0.1, -0.05) is 0 Å². The first-order chi connectivity index (χ1) is 12.5. The number of halogens is 1. The molecule has 1 aliphatic heterocycles. The third-order valence-corrected chi connectivity index (χ3v) is 3.91. The summed E-state index contributed by atoms with van der Waals surface area (Å²) in [5.74, 6) is -1.67. The number of amides is 2. The molecule has 2 aromatic rings. The van der Waals surface area contributed by atoms with Crippen LogP contribution < -0.4 is 4.90 Å². The zero-order chi connectivity index (χ0) is 18.7. The molecule has 0 bridgehead atoms. The molecule has 2 amide bonds. The summed E-state index contributed by atoms with van der Waals surface area (Å²) < 4.78 is 17.5. The number of anilines is 1. The van der Waals surface area contributed by atoms with E-state index in [1.54, 1.807) is 0 Å². The lowest BCUT2D eigenvalue weighted by Gasteiger charge is -2.33. The number of nitrogens with zero attached hydrogens (tertiary/aromatic N) is 4. The van der Waals surface area contributed by atoms with Gasteiger partial charge in [0.05, 0.1) is 25.1 Å². The fourth-order valence-electron chi connectivity index (χ4n) is 2.55. The molecule has 8 nitrogen and oxygen atoms in total. The van der Waals surface area contributed by atoms with Crippen LogP contribution in [-0.4, -0.2) is 59.4 Å². The summed E-state index contributed by atoms with van der Waals surface area (Å²) in [4.78, 5) is 46.6. The van der Waals surface area contributed by atoms with Gasteiger partial charge in [0.1, 0.15) is 6.54 Å². The topological polar surface area (TPSA) is 92.7 Å². The molecule has 0 spiro atoms. The molecule has 0 N–H and O–H groups in total. The van der Waals surface area contributed by atoms with Crippen molar-refractivity contribution in [3.63, 3.8) is 0 Å². The van der Waals surface area contributed by atoms with Gasteiger partial charge in [-0.15, -0.1) is 0 Å². The van der Waals surface area contributed by atoms with Crippen molar-refractivity contribution in [1.82, 2.24) is 14.9 Å². The lowest BCUT2D eigenvalue weighted by molar-refractivity contribution is -0.120. The fourth-order valence-corrected chi connectivity index (χ4v) is 2.55. The van der Waals surface area contributed by atoms with Crippen LogP contribution >= 0.6 is 0 Å². The van der Waals surface area contributed by atoms with Crippen molar-refractivity contribution in [2.24, 2.45) is 0 Å². The van der Waals surface area contributed by atoms with Crippen LogP contribution in [0, 0.1) is 5.82 Å². The smallest absolute Gasteiger partial charge is 0.337 e. The minimum atomic E-state index is -0.592. The molecule has 3 rings (SSSR count). The number of carbonyl (C=O) groups excluding carboxylic acids is 3. The number of rotatable bonds is 3. The zero-order valence-electron chi connectivity index (χ0n) is 13.9. The molecule has 1 fully saturated rings. The molecule has 0 aliphatic carbocycles. The number of aromatic nitrogens is 2. The molecule has 1 saturated heterocycles. The molecule has 0 atom stereocenters. The van der Waals surface area contributed by atoms with E-state index in [-0.39, 0.29) is 37.4 Å². The molecule has 2 heterocycles. The van der Waals surface area contributed by atoms with Crippen LogP contribution in [0.2, 0.25) is 0 Å². The van der Waals surface area contributed by atoms with Crippen LogP contribution in [0.5, 0.6) is 0 Å². The molecule has 9 heteroatoms. The number of hydrogen-bond donors (Lipinski definition) is 0. The predicted molar refractivity (Wildman–Crippen MR) is 88.0 cm³/mol. The maximum absolute atomic E-state index is 12.9. The quantitative estimate of drug-likeness (QED) is 0.757. The van der Waals surface area contributed by atoms with Gasteiger partial charge in [0.2, 0.25) is 11.9 Å². The monoisotopic (exact) mass is 358 g/mol. The van der Waals surface area contributed by atoms with Gasteiger partial charge in [-0.25, -0.2) is 19.2 Å². The van der Waals surface area contributed by atoms with Crippen molar-refractivity contribution < 1.29 is 23.5 Å². The second kappa shape index (κ2) is 7.26. The molecule has 1 aromatic heterocycles. The van der Waals surface area contributed by atoms with Gasteiger partial charge in [0.15, 0.2) is 5.82 Å². The van der Waals surface area contributed by atoms with Crippen molar-refractivity contribution >= 4 is 23.7 Å². The van der Waals surface area contributed by atoms with E-state index >= 15 is 0 Å². The van der Waals surface area contributed by atoms with Gasteiger partial charge in [-0.3, -0.25) is 14.5 Å². The molecular formula is C17H15FN4O4. The van der Waals surface area contributed by atoms with Gasteiger partial charge < -0.3 is 9.64 Å². The molecule has 26 heavy (non-hydrogen) atoms. The molecule has 1 aromatic carbocycles. The van der Waals surface area contributed by atoms with Crippen LogP contribution in [0.3, 0.4) is 0 Å². The maximum atomic E-state index is 12.9. The van der Waals surface area contributed by atoms with Crippen LogP contribution in [0.25, 0.3) is 0 Å². The number of benzene rings is 1. The Morgan fingerprint density at radius 3 is 2.27 bits per heavy atom. The molecule has 134 valence electrons. The Labute approximate surface area is 148 Å². The zero-order valence-corrected chi connectivity index (χ0v) is 13.9. The Hall–Kier alpha value is -3.36. The van der Waals surface area contributed by atoms with Crippen molar-refractivity contribution in [1.29, 1.82) is 0 Å². The van der Waals surface area contributed by atoms with E-state index in [0.29, 0.717) is 11.1 Å². The highest BCUT2D eigenvalue weighted by molar-refractivity contribution is 6.01. The summed E-state index contributed by atoms with van der Waals surface area (Å²) in [5.41, 5.74) is 0.690. The standard InChI is InChI=1S/C17H15FN4O4/c1-26-16(25)12-4-2-11(3-5-12)15(24)21-6-7-22(14(23)10-21)17-19-8-13(18)9-20-17/h2-5,8-9H,6-7,10H2,1H3. The third-order valence-electron chi connectivity index (χ3n) is 3.91. The Balaban J connectivity index is 1.68. The lowest BCUT2D eigenvalue weighted by Crippen LogP contribution is -2.52. The molecule has 1 aliphatic rings. The summed E-state index contributed by atoms with van der Waals surface area (Å²) in [7, 11) is 1.28. The van der Waals surface area contributed by atoms with Crippen molar-refractivity contribution in [3.05, 3.63) is 53.6 Å². The highest BCUT2D eigenvalue weighted by atomic mass is 19.1. The van der Waals surface area contributed by atoms with Gasteiger partial charge in [0.25, 0.3) is 5.91 Å². The summed E-state index contributed by atoms with van der Waals surface area (Å²) in [6.45, 7) is 0.346. The molecule has 0 saturated carbocycles. The summed E-state index contributed by atoms with van der Waals surface area (Å²) in [6.07, 6.45) is 1.96. The van der Waals surface area contributed by atoms with E-state index in [0.717, 1.165) is 12.4 Å². The summed E-state index contributed by atoms with van der Waals surface area (Å²) in [6, 6.07) is 6.00. The van der Waals surface area contributed by atoms with Gasteiger partial charge in [-0.2, -0.15) is 0 Å². The minimum Gasteiger partial charge on any atom is -0.465 e. The lowest BCUT2D eigenvalue weighted by atomic mass is 10.1. The molecule has 0 unspecified atom stereocenters. The van der Waals surface area contributed by atoms with Gasteiger partial charge in [-0.05, 0) is 24.3 Å². The third kappa shape index (κ3) is 3.51. The number of piperazine rings is 1. The van der Waals surface area contributed by atoms with Crippen molar-refractivity contribution in [2.75, 3.05) is 31.6 Å². The van der Waals surface area contributed by atoms with E-state index in [1.165, 1.54) is 41.2 Å². The maximum Gasteiger partial charge on any atom is 0.337 e. The second-order valence-electron chi connectivity index (χ2n) is 5.54. The van der Waals surface area contributed by atoms with Gasteiger partial charge in [0, 0.05) is 18.7 Å². The predicted octanol–water partition coefficient (Wildman–Crippen LogP) is 0.891. The Bertz CT molecular complexity index is 839. The van der Waals surface area contributed by atoms with Gasteiger partial charge >= 0.3 is 5.97 Å². The Kier molecular flexibility index (Phi) is 4.87. The number of methoxy groups -OCH3 is 1. The summed E-state index contributed by atoms with van der Waals surface area (Å²) in [5, 5.41) is 0. The minimum absolute atomic E-state index is 0.103. The fraction of sp³-hybridized carbons (Fsp3) is 0.235. The SMILES string of the molecule is COC(=O)c1ccc(C(=O)N2CCN(c3ncc(F)cn3)C(=O)C2)cc1. The first-order valence-electron chi connectivity index (χ1n) is 7.75. The van der Waals surface area contributed by atoms with E-state index in [1.807, 2.05) is 0 Å². The average molecular weight is 358 g/mol. The van der Waals surface area contributed by atoms with E-state index in [2.05, 4.69) is 14.7 Å². The first-order valence-corrected chi connectivity index (χ1v) is 7.75. The van der Waals surface area contributed by atoms with E-state index in [9.17, 15) is 18.8 Å². The Morgan fingerprint density at radius 2 is 1.69 bits per heavy atom. The van der Waals surface area contributed by atoms with Crippen LogP contribution in [0.4, 0.5) is 10.3 Å². The average Bonchev–Trinajstić information content (AvgIpc) is 2.67. The van der Waals surface area contributed by atoms with Crippen molar-refractivity contribution in [3.8, 4) is 0 Å². The number of ether oxygens (including phenoxy) is 1. The van der Waals surface area contributed by atoms with Crippen LogP contribution in [0.1, 0.15) is 20.7 Å². The largest absolute Gasteiger partial charge is 0.465 e.